The molecule has 2 rings (SSSR count). The van der Waals surface area contributed by atoms with E-state index < -0.39 is 5.97 Å². The molecule has 0 bridgehead atoms. The van der Waals surface area contributed by atoms with Crippen molar-refractivity contribution < 1.29 is 24.2 Å². The molecule has 0 saturated heterocycles. The summed E-state index contributed by atoms with van der Waals surface area (Å²) in [5.74, 6) is -0.383. The van der Waals surface area contributed by atoms with E-state index >= 15 is 0 Å². The van der Waals surface area contributed by atoms with Crippen LogP contribution in [0.25, 0.3) is 0 Å². The lowest BCUT2D eigenvalue weighted by molar-refractivity contribution is -0.138. The van der Waals surface area contributed by atoms with Gasteiger partial charge in [-0.1, -0.05) is 0 Å². The second-order valence-electron chi connectivity index (χ2n) is 4.61. The molecule has 1 aromatic carbocycles. The number of carbonyl (C=O) groups excluding carboxylic acids is 1. The molecular weight excluding hydrogens is 330 g/mol. The number of fused-ring (bicyclic) bond motifs is 1. The highest BCUT2D eigenvalue weighted by Crippen LogP contribution is 2.40. The summed E-state index contributed by atoms with van der Waals surface area (Å²) in [4.78, 5) is 24.6. The predicted molar refractivity (Wildman–Crippen MR) is 74.1 cm³/mol. The fraction of sp³-hybridized carbons (Fsp3) is 0.385. The van der Waals surface area contributed by atoms with Crippen molar-refractivity contribution in [1.82, 2.24) is 4.90 Å². The number of rotatable bonds is 4. The van der Waals surface area contributed by atoms with Crippen molar-refractivity contribution >= 4 is 27.8 Å². The van der Waals surface area contributed by atoms with Crippen LogP contribution in [0, 0.1) is 0 Å². The molecule has 108 valence electrons. The zero-order valence-electron chi connectivity index (χ0n) is 11.1. The first kappa shape index (κ1) is 14.6. The number of benzene rings is 1. The van der Waals surface area contributed by atoms with Gasteiger partial charge in [-0.3, -0.25) is 9.59 Å². The second kappa shape index (κ2) is 5.70. The number of carboxylic acid groups (broad SMARTS) is 1. The van der Waals surface area contributed by atoms with Gasteiger partial charge in [-0.15, -0.1) is 0 Å². The first-order valence-electron chi connectivity index (χ1n) is 6.02. The SMILES string of the molecule is CC(C)N(CC(=O)O)C(=O)c1cc(Br)c2c(c1)OCO2. The van der Waals surface area contributed by atoms with E-state index in [0.717, 1.165) is 0 Å². The average Bonchev–Trinajstić information content (AvgIpc) is 2.83. The standard InChI is InChI=1S/C13H14BrNO5/c1-7(2)15(5-11(16)17)13(18)8-3-9(14)12-10(4-8)19-6-20-12/h3-4,7H,5-6H2,1-2H3,(H,16,17). The minimum absolute atomic E-state index is 0.106. The van der Waals surface area contributed by atoms with Crippen LogP contribution < -0.4 is 9.47 Å². The number of hydrogen-bond donors (Lipinski definition) is 1. The van der Waals surface area contributed by atoms with Crippen LogP contribution in [0.15, 0.2) is 16.6 Å². The summed E-state index contributed by atoms with van der Waals surface area (Å²) in [5.41, 5.74) is 0.357. The molecule has 1 aliphatic rings. The van der Waals surface area contributed by atoms with Crippen molar-refractivity contribution in [1.29, 1.82) is 0 Å². The predicted octanol–water partition coefficient (Wildman–Crippen LogP) is 2.11. The Bertz CT molecular complexity index is 558. The summed E-state index contributed by atoms with van der Waals surface area (Å²) in [6, 6.07) is 2.95. The molecule has 1 aromatic rings. The molecule has 1 heterocycles. The van der Waals surface area contributed by atoms with Gasteiger partial charge in [-0.05, 0) is 41.9 Å². The van der Waals surface area contributed by atoms with Crippen LogP contribution in [-0.2, 0) is 4.79 Å². The fourth-order valence-corrected chi connectivity index (χ4v) is 2.45. The van der Waals surface area contributed by atoms with Crippen molar-refractivity contribution in [3.05, 3.63) is 22.2 Å². The van der Waals surface area contributed by atoms with E-state index in [1.54, 1.807) is 26.0 Å². The largest absolute Gasteiger partial charge is 0.480 e. The number of nitrogens with zero attached hydrogens (tertiary/aromatic N) is 1. The van der Waals surface area contributed by atoms with Crippen LogP contribution in [0.1, 0.15) is 24.2 Å². The second-order valence-corrected chi connectivity index (χ2v) is 5.47. The third-order valence-corrected chi connectivity index (χ3v) is 3.45. The maximum atomic E-state index is 12.4. The maximum absolute atomic E-state index is 12.4. The molecule has 0 spiro atoms. The lowest BCUT2D eigenvalue weighted by atomic mass is 10.1. The Morgan fingerprint density at radius 1 is 1.40 bits per heavy atom. The Hall–Kier alpha value is -1.76. The zero-order chi connectivity index (χ0) is 14.9. The van der Waals surface area contributed by atoms with E-state index in [9.17, 15) is 9.59 Å². The van der Waals surface area contributed by atoms with Crippen LogP contribution in [0.4, 0.5) is 0 Å². The molecule has 0 atom stereocenters. The maximum Gasteiger partial charge on any atom is 0.323 e. The Balaban J connectivity index is 2.32. The van der Waals surface area contributed by atoms with Crippen molar-refractivity contribution in [2.75, 3.05) is 13.3 Å². The van der Waals surface area contributed by atoms with E-state index in [4.69, 9.17) is 14.6 Å². The Labute approximate surface area is 124 Å². The van der Waals surface area contributed by atoms with Gasteiger partial charge in [-0.25, -0.2) is 0 Å². The van der Waals surface area contributed by atoms with E-state index in [0.29, 0.717) is 21.5 Å². The molecule has 0 aromatic heterocycles. The highest BCUT2D eigenvalue weighted by molar-refractivity contribution is 9.10. The van der Waals surface area contributed by atoms with Gasteiger partial charge in [0.05, 0.1) is 4.47 Å². The quantitative estimate of drug-likeness (QED) is 0.905. The molecule has 1 amide bonds. The van der Waals surface area contributed by atoms with Crippen molar-refractivity contribution in [2.45, 2.75) is 19.9 Å². The van der Waals surface area contributed by atoms with E-state index in [-0.39, 0.29) is 25.3 Å². The summed E-state index contributed by atoms with van der Waals surface area (Å²) in [6.45, 7) is 3.29. The molecule has 0 unspecified atom stereocenters. The Morgan fingerprint density at radius 3 is 2.70 bits per heavy atom. The molecule has 1 aliphatic heterocycles. The van der Waals surface area contributed by atoms with Gasteiger partial charge in [0.25, 0.3) is 5.91 Å². The molecule has 0 radical (unpaired) electrons. The zero-order valence-corrected chi connectivity index (χ0v) is 12.6. The van der Waals surface area contributed by atoms with Crippen LogP contribution in [0.5, 0.6) is 11.5 Å². The normalized spacial score (nSPS) is 12.6. The molecule has 1 N–H and O–H groups in total. The van der Waals surface area contributed by atoms with Crippen molar-refractivity contribution in [3.8, 4) is 11.5 Å². The van der Waals surface area contributed by atoms with E-state index in [1.165, 1.54) is 4.90 Å². The Morgan fingerprint density at radius 2 is 2.10 bits per heavy atom. The average molecular weight is 344 g/mol. The number of aliphatic carboxylic acids is 1. The lowest BCUT2D eigenvalue weighted by Gasteiger charge is -2.25. The third kappa shape index (κ3) is 2.87. The monoisotopic (exact) mass is 343 g/mol. The molecule has 0 fully saturated rings. The molecule has 7 heteroatoms. The number of halogens is 1. The topological polar surface area (TPSA) is 76.1 Å². The van der Waals surface area contributed by atoms with E-state index in [1.807, 2.05) is 0 Å². The first-order valence-corrected chi connectivity index (χ1v) is 6.81. The van der Waals surface area contributed by atoms with Crippen LogP contribution in [-0.4, -0.2) is 41.3 Å². The van der Waals surface area contributed by atoms with Crippen LogP contribution in [0.2, 0.25) is 0 Å². The van der Waals surface area contributed by atoms with Crippen LogP contribution >= 0.6 is 15.9 Å². The molecule has 20 heavy (non-hydrogen) atoms. The highest BCUT2D eigenvalue weighted by atomic mass is 79.9. The smallest absolute Gasteiger partial charge is 0.323 e. The Kier molecular flexibility index (Phi) is 4.17. The third-order valence-electron chi connectivity index (χ3n) is 2.86. The fourth-order valence-electron chi connectivity index (χ4n) is 1.89. The summed E-state index contributed by atoms with van der Waals surface area (Å²) in [6.07, 6.45) is 0. The van der Waals surface area contributed by atoms with Gasteiger partial charge >= 0.3 is 5.97 Å². The summed E-state index contributed by atoms with van der Waals surface area (Å²) < 4.78 is 11.1. The van der Waals surface area contributed by atoms with Crippen molar-refractivity contribution in [3.63, 3.8) is 0 Å². The number of carboxylic acids is 1. The van der Waals surface area contributed by atoms with Crippen LogP contribution in [0.3, 0.4) is 0 Å². The van der Waals surface area contributed by atoms with Gasteiger partial charge < -0.3 is 19.5 Å². The lowest BCUT2D eigenvalue weighted by Crippen LogP contribution is -2.40. The minimum atomic E-state index is -1.05. The van der Waals surface area contributed by atoms with Gasteiger partial charge in [-0.2, -0.15) is 0 Å². The molecular formula is C13H14BrNO5. The summed E-state index contributed by atoms with van der Waals surface area (Å²) in [5, 5.41) is 8.89. The number of hydrogen-bond acceptors (Lipinski definition) is 4. The number of amides is 1. The summed E-state index contributed by atoms with van der Waals surface area (Å²) >= 11 is 3.31. The van der Waals surface area contributed by atoms with Gasteiger partial charge in [0.2, 0.25) is 6.79 Å². The molecule has 0 aliphatic carbocycles. The highest BCUT2D eigenvalue weighted by Gasteiger charge is 2.25. The van der Waals surface area contributed by atoms with Crippen molar-refractivity contribution in [2.24, 2.45) is 0 Å². The van der Waals surface area contributed by atoms with Gasteiger partial charge in [0.15, 0.2) is 11.5 Å². The minimum Gasteiger partial charge on any atom is -0.480 e. The molecule has 0 saturated carbocycles. The molecule has 6 nitrogen and oxygen atoms in total. The first-order chi connectivity index (χ1) is 9.40. The number of ether oxygens (including phenoxy) is 2. The number of carbonyl (C=O) groups is 2. The van der Waals surface area contributed by atoms with Gasteiger partial charge in [0.1, 0.15) is 6.54 Å². The van der Waals surface area contributed by atoms with Gasteiger partial charge in [0, 0.05) is 11.6 Å². The van der Waals surface area contributed by atoms with E-state index in [2.05, 4.69) is 15.9 Å². The summed E-state index contributed by atoms with van der Waals surface area (Å²) in [7, 11) is 0.